The van der Waals surface area contributed by atoms with Crippen molar-refractivity contribution in [2.24, 2.45) is 5.92 Å². The van der Waals surface area contributed by atoms with E-state index in [2.05, 4.69) is 0 Å². The predicted molar refractivity (Wildman–Crippen MR) is 48.3 cm³/mol. The summed E-state index contributed by atoms with van der Waals surface area (Å²) >= 11 is 4.92. The zero-order chi connectivity index (χ0) is 7.23. The van der Waals surface area contributed by atoms with Crippen LogP contribution in [0.25, 0.3) is 0 Å². The molecule has 1 rings (SSSR count). The van der Waals surface area contributed by atoms with Gasteiger partial charge in [-0.15, -0.1) is 0 Å². The Morgan fingerprint density at radius 3 is 2.40 bits per heavy atom. The summed E-state index contributed by atoms with van der Waals surface area (Å²) in [6.45, 7) is 0. The molecule has 1 aliphatic rings. The van der Waals surface area contributed by atoms with Gasteiger partial charge in [0.15, 0.2) is 0 Å². The molecule has 0 aromatic rings. The van der Waals surface area contributed by atoms with Gasteiger partial charge in [0.25, 0.3) is 0 Å². The topological polar surface area (TPSA) is 0 Å². The highest BCUT2D eigenvalue weighted by Crippen LogP contribution is 2.27. The third-order valence-electron chi connectivity index (χ3n) is 2.48. The van der Waals surface area contributed by atoms with Gasteiger partial charge in [0.2, 0.25) is 0 Å². The van der Waals surface area contributed by atoms with E-state index >= 15 is 0 Å². The van der Waals surface area contributed by atoms with Crippen molar-refractivity contribution < 1.29 is 0 Å². The van der Waals surface area contributed by atoms with Gasteiger partial charge in [0.05, 0.1) is 0 Å². The zero-order valence-corrected chi connectivity index (χ0v) is 7.46. The van der Waals surface area contributed by atoms with Gasteiger partial charge in [-0.25, -0.2) is 0 Å². The van der Waals surface area contributed by atoms with Crippen LogP contribution in [0.15, 0.2) is 0 Å². The first-order valence-electron chi connectivity index (χ1n) is 4.51. The highest BCUT2D eigenvalue weighted by molar-refractivity contribution is 7.80. The van der Waals surface area contributed by atoms with Crippen molar-refractivity contribution in [3.8, 4) is 0 Å². The lowest BCUT2D eigenvalue weighted by Crippen LogP contribution is -2.05. The maximum absolute atomic E-state index is 4.92. The molecule has 0 bridgehead atoms. The van der Waals surface area contributed by atoms with Gasteiger partial charge in [-0.2, -0.15) is 0 Å². The first kappa shape index (κ1) is 8.45. The van der Waals surface area contributed by atoms with Gasteiger partial charge < -0.3 is 0 Å². The van der Waals surface area contributed by atoms with Gasteiger partial charge in [-0.3, -0.25) is 0 Å². The number of rotatable bonds is 3. The molecular weight excluding hydrogens is 140 g/mol. The van der Waals surface area contributed by atoms with Crippen LogP contribution in [0, 0.1) is 5.92 Å². The molecule has 1 fully saturated rings. The van der Waals surface area contributed by atoms with Crippen molar-refractivity contribution in [3.05, 3.63) is 0 Å². The molecule has 1 saturated carbocycles. The quantitative estimate of drug-likeness (QED) is 0.588. The fourth-order valence-corrected chi connectivity index (χ4v) is 2.01. The van der Waals surface area contributed by atoms with Gasteiger partial charge in [0.1, 0.15) is 0 Å². The van der Waals surface area contributed by atoms with Gasteiger partial charge in [-0.1, -0.05) is 44.7 Å². The molecule has 10 heavy (non-hydrogen) atoms. The molecule has 0 aliphatic heterocycles. The fraction of sp³-hybridized carbons (Fsp3) is 1.00. The molecule has 59 valence electrons. The molecule has 0 aromatic carbocycles. The lowest BCUT2D eigenvalue weighted by atomic mass is 9.86. The van der Waals surface area contributed by atoms with Gasteiger partial charge in [-0.05, 0) is 18.8 Å². The van der Waals surface area contributed by atoms with Crippen LogP contribution in [0.4, 0.5) is 0 Å². The standard InChI is InChI=1S/C9H17S/c10-8-4-7-9-5-2-1-3-6-9/h9H,1-8H2. The second-order valence-electron chi connectivity index (χ2n) is 3.35. The molecule has 1 radical (unpaired) electrons. The van der Waals surface area contributed by atoms with E-state index < -0.39 is 0 Å². The predicted octanol–water partition coefficient (Wildman–Crippen LogP) is 3.54. The second-order valence-corrected chi connectivity index (χ2v) is 3.76. The second kappa shape index (κ2) is 5.06. The maximum Gasteiger partial charge on any atom is 0.00370 e. The molecule has 0 atom stereocenters. The fourth-order valence-electron chi connectivity index (χ4n) is 1.85. The molecule has 0 N–H and O–H groups in total. The van der Waals surface area contributed by atoms with Crippen LogP contribution in [0.5, 0.6) is 0 Å². The molecular formula is C9H17S. The van der Waals surface area contributed by atoms with Crippen LogP contribution in [-0.4, -0.2) is 5.75 Å². The Kier molecular flexibility index (Phi) is 4.27. The molecule has 0 nitrogen and oxygen atoms in total. The number of hydrogen-bond donors (Lipinski definition) is 0. The zero-order valence-electron chi connectivity index (χ0n) is 6.64. The molecule has 0 heterocycles. The van der Waals surface area contributed by atoms with Crippen LogP contribution in [0.1, 0.15) is 44.9 Å². The van der Waals surface area contributed by atoms with E-state index in [1.807, 2.05) is 0 Å². The summed E-state index contributed by atoms with van der Waals surface area (Å²) in [5, 5.41) is 0. The van der Waals surface area contributed by atoms with Crippen molar-refractivity contribution >= 4 is 12.6 Å². The summed E-state index contributed by atoms with van der Waals surface area (Å²) in [4.78, 5) is 0. The third-order valence-corrected chi connectivity index (χ3v) is 2.77. The summed E-state index contributed by atoms with van der Waals surface area (Å²) in [6.07, 6.45) is 10.1. The molecule has 1 aliphatic carbocycles. The summed E-state index contributed by atoms with van der Waals surface area (Å²) < 4.78 is 0. The highest BCUT2D eigenvalue weighted by Gasteiger charge is 2.11. The van der Waals surface area contributed by atoms with Crippen LogP contribution in [0.2, 0.25) is 0 Å². The van der Waals surface area contributed by atoms with Crippen LogP contribution in [-0.2, 0) is 0 Å². The van der Waals surface area contributed by atoms with Crippen molar-refractivity contribution in [3.63, 3.8) is 0 Å². The summed E-state index contributed by atoms with van der Waals surface area (Å²) in [6, 6.07) is 0. The average Bonchev–Trinajstić information content (AvgIpc) is 2.03. The molecule has 0 aromatic heterocycles. The van der Waals surface area contributed by atoms with Crippen LogP contribution in [0.3, 0.4) is 0 Å². The highest BCUT2D eigenvalue weighted by atomic mass is 32.1. The number of hydrogen-bond acceptors (Lipinski definition) is 0. The van der Waals surface area contributed by atoms with E-state index in [-0.39, 0.29) is 0 Å². The lowest BCUT2D eigenvalue weighted by molar-refractivity contribution is 0.337. The molecule has 0 amide bonds. The third kappa shape index (κ3) is 2.96. The van der Waals surface area contributed by atoms with E-state index in [1.54, 1.807) is 0 Å². The van der Waals surface area contributed by atoms with Crippen molar-refractivity contribution in [2.45, 2.75) is 44.9 Å². The molecule has 0 spiro atoms. The summed E-state index contributed by atoms with van der Waals surface area (Å²) in [7, 11) is 0. The van der Waals surface area contributed by atoms with E-state index in [0.717, 1.165) is 11.7 Å². The van der Waals surface area contributed by atoms with E-state index in [1.165, 1.54) is 44.9 Å². The Morgan fingerprint density at radius 1 is 1.10 bits per heavy atom. The Bertz CT molecular complexity index is 74.8. The van der Waals surface area contributed by atoms with Crippen molar-refractivity contribution in [1.82, 2.24) is 0 Å². The summed E-state index contributed by atoms with van der Waals surface area (Å²) in [5.74, 6) is 2.01. The summed E-state index contributed by atoms with van der Waals surface area (Å²) in [5.41, 5.74) is 0. The molecule has 1 heteroatoms. The smallest absolute Gasteiger partial charge is 0.00370 e. The van der Waals surface area contributed by atoms with Crippen LogP contribution >= 0.6 is 12.6 Å². The van der Waals surface area contributed by atoms with E-state index in [4.69, 9.17) is 12.6 Å². The van der Waals surface area contributed by atoms with Crippen molar-refractivity contribution in [1.29, 1.82) is 0 Å². The Labute approximate surface area is 69.8 Å². The SMILES string of the molecule is [S]CCCC1CCCCC1. The monoisotopic (exact) mass is 157 g/mol. The Balaban J connectivity index is 2.02. The minimum absolute atomic E-state index is 0.969. The molecule has 0 saturated heterocycles. The van der Waals surface area contributed by atoms with E-state index in [9.17, 15) is 0 Å². The minimum atomic E-state index is 0.969. The first-order chi connectivity index (χ1) is 4.93. The largest absolute Gasteiger partial charge is 0.0942 e. The molecule has 0 unspecified atom stereocenters. The van der Waals surface area contributed by atoms with Gasteiger partial charge >= 0.3 is 0 Å². The lowest BCUT2D eigenvalue weighted by Gasteiger charge is -2.20. The Hall–Kier alpha value is 0.350. The van der Waals surface area contributed by atoms with Crippen molar-refractivity contribution in [2.75, 3.05) is 5.75 Å². The van der Waals surface area contributed by atoms with E-state index in [0.29, 0.717) is 0 Å². The maximum atomic E-state index is 4.92. The average molecular weight is 157 g/mol. The first-order valence-corrected chi connectivity index (χ1v) is 5.09. The normalized spacial score (nSPS) is 21.3. The minimum Gasteiger partial charge on any atom is -0.0942 e. The van der Waals surface area contributed by atoms with Crippen LogP contribution < -0.4 is 0 Å². The Morgan fingerprint density at radius 2 is 1.80 bits per heavy atom. The van der Waals surface area contributed by atoms with Gasteiger partial charge in [0, 0.05) is 5.75 Å².